The molecule has 8 nitrogen and oxygen atoms in total. The van der Waals surface area contributed by atoms with Gasteiger partial charge < -0.3 is 9.80 Å². The second-order valence-electron chi connectivity index (χ2n) is 9.05. The van der Waals surface area contributed by atoms with Gasteiger partial charge in [-0.2, -0.15) is 15.0 Å². The van der Waals surface area contributed by atoms with Gasteiger partial charge in [-0.3, -0.25) is 4.79 Å². The van der Waals surface area contributed by atoms with Gasteiger partial charge in [0, 0.05) is 43.6 Å². The lowest BCUT2D eigenvalue weighted by atomic mass is 9.77. The van der Waals surface area contributed by atoms with Crippen molar-refractivity contribution in [3.8, 4) is 11.3 Å². The number of likely N-dealkylation sites (tertiary alicyclic amines) is 1. The van der Waals surface area contributed by atoms with E-state index in [1.165, 1.54) is 0 Å². The van der Waals surface area contributed by atoms with Crippen molar-refractivity contribution in [2.24, 2.45) is 12.5 Å². The number of aryl methyl sites for hydroxylation is 3. The largest absolute Gasteiger partial charge is 0.341 e. The van der Waals surface area contributed by atoms with Crippen molar-refractivity contribution in [1.29, 1.82) is 0 Å². The van der Waals surface area contributed by atoms with Crippen LogP contribution in [0, 0.1) is 19.3 Å². The highest BCUT2D eigenvalue weighted by atomic mass is 16.2. The highest BCUT2D eigenvalue weighted by Gasteiger charge is 2.48. The molecule has 3 aromatic rings. The maximum atomic E-state index is 13.5. The lowest BCUT2D eigenvalue weighted by molar-refractivity contribution is -0.137. The van der Waals surface area contributed by atoms with E-state index in [1.807, 2.05) is 62.2 Å². The molecule has 2 fully saturated rings. The zero-order valence-corrected chi connectivity index (χ0v) is 19.0. The van der Waals surface area contributed by atoms with Crippen LogP contribution < -0.4 is 4.90 Å². The summed E-state index contributed by atoms with van der Waals surface area (Å²) in [5.74, 6) is 1.04. The number of nitrogens with zero attached hydrogens (tertiary/aromatic N) is 7. The quantitative estimate of drug-likeness (QED) is 0.632. The van der Waals surface area contributed by atoms with Gasteiger partial charge in [0.2, 0.25) is 11.9 Å². The van der Waals surface area contributed by atoms with Gasteiger partial charge in [0.25, 0.3) is 0 Å². The van der Waals surface area contributed by atoms with Crippen LogP contribution in [0.4, 0.5) is 5.95 Å². The molecule has 0 aliphatic carbocycles. The molecule has 166 valence electrons. The summed E-state index contributed by atoms with van der Waals surface area (Å²) in [6, 6.07) is 12.0. The number of hydrogen-bond donors (Lipinski definition) is 0. The molecule has 0 bridgehead atoms. The third-order valence-corrected chi connectivity index (χ3v) is 6.75. The second-order valence-corrected chi connectivity index (χ2v) is 9.05. The molecule has 1 spiro atoms. The van der Waals surface area contributed by atoms with Crippen LogP contribution in [0.2, 0.25) is 0 Å². The van der Waals surface area contributed by atoms with Crippen molar-refractivity contribution < 1.29 is 4.79 Å². The van der Waals surface area contributed by atoms with Gasteiger partial charge in [-0.05, 0) is 39.2 Å². The number of hydrogen-bond acceptors (Lipinski definition) is 6. The Labute approximate surface area is 188 Å². The van der Waals surface area contributed by atoms with Crippen LogP contribution >= 0.6 is 0 Å². The first-order chi connectivity index (χ1) is 15.4. The topological polar surface area (TPSA) is 80.0 Å². The predicted octanol–water partition coefficient (Wildman–Crippen LogP) is 2.91. The van der Waals surface area contributed by atoms with Crippen LogP contribution in [-0.2, 0) is 18.4 Å². The fraction of sp³-hybridized carbons (Fsp3) is 0.458. The second kappa shape index (κ2) is 8.00. The number of aromatic nitrogens is 5. The summed E-state index contributed by atoms with van der Waals surface area (Å²) >= 11 is 0. The van der Waals surface area contributed by atoms with Crippen molar-refractivity contribution in [1.82, 2.24) is 29.9 Å². The first-order valence-electron chi connectivity index (χ1n) is 11.3. The number of amides is 1. The monoisotopic (exact) mass is 431 g/mol. The number of rotatable bonds is 4. The summed E-state index contributed by atoms with van der Waals surface area (Å²) in [5, 5.41) is 9.13. The van der Waals surface area contributed by atoms with Crippen molar-refractivity contribution in [2.75, 3.05) is 24.5 Å². The summed E-state index contributed by atoms with van der Waals surface area (Å²) in [6.07, 6.45) is 2.57. The standard InChI is InChI=1S/C24H29N7O/c1-17-15-18(2)26-23(25-17)30-12-9-24(10-13-30)11-14-31(22(24)32)16-20-21(28-29(3)27-20)19-7-5-4-6-8-19/h4-8,15H,9-14,16H2,1-3H3. The molecule has 2 aliphatic heterocycles. The Morgan fingerprint density at radius 2 is 1.59 bits per heavy atom. The number of piperidine rings is 1. The summed E-state index contributed by atoms with van der Waals surface area (Å²) in [7, 11) is 1.83. The normalized spacial score (nSPS) is 18.0. The molecule has 4 heterocycles. The lowest BCUT2D eigenvalue weighted by Gasteiger charge is -2.38. The molecule has 32 heavy (non-hydrogen) atoms. The first-order valence-corrected chi connectivity index (χ1v) is 11.3. The molecule has 1 aromatic carbocycles. The Balaban J connectivity index is 1.29. The van der Waals surface area contributed by atoms with Crippen LogP contribution in [-0.4, -0.2) is 55.4 Å². The van der Waals surface area contributed by atoms with E-state index in [0.29, 0.717) is 6.54 Å². The van der Waals surface area contributed by atoms with Crippen molar-refractivity contribution in [3.05, 3.63) is 53.5 Å². The summed E-state index contributed by atoms with van der Waals surface area (Å²) in [4.78, 5) is 28.5. The fourth-order valence-corrected chi connectivity index (χ4v) is 5.05. The van der Waals surface area contributed by atoms with E-state index in [-0.39, 0.29) is 11.3 Å². The van der Waals surface area contributed by atoms with Gasteiger partial charge in [-0.15, -0.1) is 0 Å². The molecule has 2 aromatic heterocycles. The fourth-order valence-electron chi connectivity index (χ4n) is 5.05. The van der Waals surface area contributed by atoms with Gasteiger partial charge in [0.1, 0.15) is 11.4 Å². The summed E-state index contributed by atoms with van der Waals surface area (Å²) in [5.41, 5.74) is 4.42. The molecule has 2 saturated heterocycles. The minimum atomic E-state index is -0.273. The Hall–Kier alpha value is -3.29. The molecule has 8 heteroatoms. The van der Waals surface area contributed by atoms with E-state index in [0.717, 1.165) is 73.2 Å². The van der Waals surface area contributed by atoms with E-state index in [4.69, 9.17) is 0 Å². The Kier molecular flexibility index (Phi) is 5.15. The third kappa shape index (κ3) is 3.74. The Morgan fingerprint density at radius 1 is 0.938 bits per heavy atom. The first kappa shape index (κ1) is 20.6. The SMILES string of the molecule is Cc1cc(C)nc(N2CCC3(CCN(Cc4nn(C)nc4-c4ccccc4)C3=O)CC2)n1. The van der Waals surface area contributed by atoms with Gasteiger partial charge in [0.15, 0.2) is 0 Å². The molecular formula is C24H29N7O. The molecule has 1 amide bonds. The molecule has 2 aliphatic rings. The zero-order valence-electron chi connectivity index (χ0n) is 19.0. The van der Waals surface area contributed by atoms with Crippen LogP contribution in [0.3, 0.4) is 0 Å². The third-order valence-electron chi connectivity index (χ3n) is 6.75. The van der Waals surface area contributed by atoms with Gasteiger partial charge in [-0.25, -0.2) is 9.97 Å². The van der Waals surface area contributed by atoms with Gasteiger partial charge >= 0.3 is 0 Å². The molecule has 0 saturated carbocycles. The smallest absolute Gasteiger partial charge is 0.229 e. The van der Waals surface area contributed by atoms with E-state index < -0.39 is 0 Å². The minimum absolute atomic E-state index is 0.253. The van der Waals surface area contributed by atoms with E-state index >= 15 is 0 Å². The Morgan fingerprint density at radius 3 is 2.28 bits per heavy atom. The van der Waals surface area contributed by atoms with E-state index in [9.17, 15) is 4.79 Å². The highest BCUT2D eigenvalue weighted by molar-refractivity contribution is 5.85. The van der Waals surface area contributed by atoms with Crippen LogP contribution in [0.25, 0.3) is 11.3 Å². The number of carbonyl (C=O) groups is 1. The summed E-state index contributed by atoms with van der Waals surface area (Å²) in [6.45, 7) is 6.88. The summed E-state index contributed by atoms with van der Waals surface area (Å²) < 4.78 is 0. The average Bonchev–Trinajstić information content (AvgIpc) is 3.29. The van der Waals surface area contributed by atoms with Crippen LogP contribution in [0.5, 0.6) is 0 Å². The van der Waals surface area contributed by atoms with Crippen molar-refractivity contribution >= 4 is 11.9 Å². The maximum Gasteiger partial charge on any atom is 0.229 e. The zero-order chi connectivity index (χ0) is 22.3. The molecule has 0 radical (unpaired) electrons. The molecule has 5 rings (SSSR count). The van der Waals surface area contributed by atoms with Crippen LogP contribution in [0.1, 0.15) is 36.3 Å². The molecular weight excluding hydrogens is 402 g/mol. The maximum absolute atomic E-state index is 13.5. The molecule has 0 atom stereocenters. The Bertz CT molecular complexity index is 1110. The lowest BCUT2D eigenvalue weighted by Crippen LogP contribution is -2.45. The van der Waals surface area contributed by atoms with E-state index in [2.05, 4.69) is 25.1 Å². The number of benzene rings is 1. The minimum Gasteiger partial charge on any atom is -0.341 e. The molecule has 0 unspecified atom stereocenters. The van der Waals surface area contributed by atoms with Crippen LogP contribution in [0.15, 0.2) is 36.4 Å². The van der Waals surface area contributed by atoms with E-state index in [1.54, 1.807) is 4.80 Å². The van der Waals surface area contributed by atoms with Crippen molar-refractivity contribution in [3.63, 3.8) is 0 Å². The van der Waals surface area contributed by atoms with Crippen molar-refractivity contribution in [2.45, 2.75) is 39.7 Å². The number of anilines is 1. The van der Waals surface area contributed by atoms with Gasteiger partial charge in [0.05, 0.1) is 12.0 Å². The highest BCUT2D eigenvalue weighted by Crippen LogP contribution is 2.42. The molecule has 0 N–H and O–H groups in total. The number of carbonyl (C=O) groups excluding carboxylic acids is 1. The average molecular weight is 432 g/mol. The predicted molar refractivity (Wildman–Crippen MR) is 122 cm³/mol. The van der Waals surface area contributed by atoms with Gasteiger partial charge in [-0.1, -0.05) is 30.3 Å².